The third-order valence-electron chi connectivity index (χ3n) is 7.30. The average molecular weight is 673 g/mol. The van der Waals surface area contributed by atoms with E-state index in [4.69, 9.17) is 19.9 Å². The number of unbranched alkanes of at least 4 members (excludes halogenated alkanes) is 7. The van der Waals surface area contributed by atoms with E-state index in [9.17, 15) is 24.0 Å². The van der Waals surface area contributed by atoms with E-state index in [1.807, 2.05) is 14.1 Å². The van der Waals surface area contributed by atoms with Crippen LogP contribution in [0.3, 0.4) is 0 Å². The highest BCUT2D eigenvalue weighted by Crippen LogP contribution is 2.14. The number of aldehydes is 1. The quantitative estimate of drug-likeness (QED) is 0.0419. The Bertz CT molecular complexity index is 801. The molecule has 0 spiro atoms. The van der Waals surface area contributed by atoms with E-state index < -0.39 is 5.54 Å². The van der Waals surface area contributed by atoms with Crippen LogP contribution in [0.2, 0.25) is 0 Å². The van der Waals surface area contributed by atoms with E-state index >= 15 is 0 Å². The zero-order chi connectivity index (χ0) is 34.9. The smallest absolute Gasteiger partial charge is 0.222 e. The molecule has 14 heteroatoms. The number of nitrogens with two attached hydrogens (primary N) is 1. The van der Waals surface area contributed by atoms with E-state index in [2.05, 4.69) is 26.6 Å². The number of carbonyl (C=O) groups is 5. The van der Waals surface area contributed by atoms with Crippen molar-refractivity contribution in [1.29, 1.82) is 0 Å². The normalized spacial score (nSPS) is 11.3. The Morgan fingerprint density at radius 2 is 1.02 bits per heavy atom. The van der Waals surface area contributed by atoms with E-state index in [1.165, 1.54) is 0 Å². The van der Waals surface area contributed by atoms with Crippen LogP contribution in [0.5, 0.6) is 0 Å². The summed E-state index contributed by atoms with van der Waals surface area (Å²) in [4.78, 5) is 59.2. The van der Waals surface area contributed by atoms with Gasteiger partial charge in [0, 0.05) is 45.2 Å². The molecule has 0 radical (unpaired) electrons. The van der Waals surface area contributed by atoms with Crippen molar-refractivity contribution in [1.82, 2.24) is 26.6 Å². The minimum absolute atomic E-state index is 0.0266. The number of ether oxygens (including phenoxy) is 3. The number of primary amides is 1. The highest BCUT2D eigenvalue weighted by Gasteiger charge is 2.33. The minimum Gasteiger partial charge on any atom is -0.378 e. The van der Waals surface area contributed by atoms with Crippen molar-refractivity contribution < 1.29 is 38.2 Å². The standard InChI is InChI=1S/C33H64N6O8/c1-35-18-11-20-37-30(42)16-24-46-27-33(26-45-23-13-22-40,28-47-25-17-31(43)38-21-12-19-36-2)39-32(44)15-10-8-6-4-3-5-7-9-14-29(34)41/h22,35-36H,3-21,23-28H2,1-2H3,(H2,34,41)(H,37,42)(H,38,43)(H,39,44). The molecule has 0 saturated carbocycles. The molecule has 274 valence electrons. The fourth-order valence-corrected chi connectivity index (χ4v) is 4.66. The van der Waals surface area contributed by atoms with Crippen LogP contribution in [-0.4, -0.2) is 115 Å². The van der Waals surface area contributed by atoms with E-state index in [-0.39, 0.29) is 82.5 Å². The molecular formula is C33H64N6O8. The topological polar surface area (TPSA) is 199 Å². The molecule has 47 heavy (non-hydrogen) atoms. The molecule has 0 heterocycles. The van der Waals surface area contributed by atoms with Crippen LogP contribution in [0, 0.1) is 0 Å². The maximum absolute atomic E-state index is 13.1. The van der Waals surface area contributed by atoms with Gasteiger partial charge < -0.3 is 51.3 Å². The van der Waals surface area contributed by atoms with E-state index in [0.29, 0.717) is 25.9 Å². The number of carbonyl (C=O) groups excluding carboxylic acids is 5. The maximum atomic E-state index is 13.1. The first-order valence-corrected chi connectivity index (χ1v) is 17.4. The van der Waals surface area contributed by atoms with Gasteiger partial charge in [-0.05, 0) is 52.9 Å². The molecule has 4 amide bonds. The summed E-state index contributed by atoms with van der Waals surface area (Å²) in [6, 6.07) is 0. The van der Waals surface area contributed by atoms with Gasteiger partial charge in [-0.3, -0.25) is 19.2 Å². The lowest BCUT2D eigenvalue weighted by molar-refractivity contribution is -0.130. The SMILES string of the molecule is CNCCCNC(=O)CCOCC(COCCC=O)(COCCC(=O)NCCCNC)NC(=O)CCCCCCCCCCC(N)=O. The van der Waals surface area contributed by atoms with Crippen LogP contribution in [0.4, 0.5) is 0 Å². The summed E-state index contributed by atoms with van der Waals surface area (Å²) in [7, 11) is 3.71. The van der Waals surface area contributed by atoms with Crippen molar-refractivity contribution in [3.05, 3.63) is 0 Å². The average Bonchev–Trinajstić information content (AvgIpc) is 3.04. The second-order valence-corrected chi connectivity index (χ2v) is 11.9. The molecule has 0 fully saturated rings. The summed E-state index contributed by atoms with van der Waals surface area (Å²) >= 11 is 0. The Balaban J connectivity index is 5.04. The molecule has 0 unspecified atom stereocenters. The number of hydrogen-bond acceptors (Lipinski definition) is 10. The molecule has 0 aromatic carbocycles. The molecule has 7 N–H and O–H groups in total. The predicted octanol–water partition coefficient (Wildman–Crippen LogP) is 1.10. The summed E-state index contributed by atoms with van der Waals surface area (Å²) in [5.74, 6) is -0.677. The molecule has 0 aliphatic heterocycles. The van der Waals surface area contributed by atoms with Gasteiger partial charge in [-0.1, -0.05) is 38.5 Å². The Kier molecular flexibility index (Phi) is 30.1. The largest absolute Gasteiger partial charge is 0.378 e. The molecule has 0 aromatic heterocycles. The lowest BCUT2D eigenvalue weighted by atomic mass is 10.0. The molecule has 0 aliphatic carbocycles. The van der Waals surface area contributed by atoms with Gasteiger partial charge in [0.05, 0.1) is 39.6 Å². The third kappa shape index (κ3) is 29.2. The summed E-state index contributed by atoms with van der Waals surface area (Å²) in [5, 5.41) is 14.8. The Morgan fingerprint density at radius 1 is 0.574 bits per heavy atom. The second kappa shape index (κ2) is 31.9. The van der Waals surface area contributed by atoms with Gasteiger partial charge in [0.1, 0.15) is 11.8 Å². The van der Waals surface area contributed by atoms with Gasteiger partial charge in [-0.15, -0.1) is 0 Å². The molecule has 0 bridgehead atoms. The highest BCUT2D eigenvalue weighted by molar-refractivity contribution is 5.77. The summed E-state index contributed by atoms with van der Waals surface area (Å²) in [6.07, 6.45) is 11.4. The molecule has 14 nitrogen and oxygen atoms in total. The van der Waals surface area contributed by atoms with Crippen LogP contribution in [0.1, 0.15) is 96.3 Å². The third-order valence-corrected chi connectivity index (χ3v) is 7.30. The maximum Gasteiger partial charge on any atom is 0.222 e. The van der Waals surface area contributed by atoms with Gasteiger partial charge in [-0.25, -0.2) is 0 Å². The zero-order valence-electron chi connectivity index (χ0n) is 29.1. The first-order chi connectivity index (χ1) is 22.8. The lowest BCUT2D eigenvalue weighted by Crippen LogP contribution is -2.58. The van der Waals surface area contributed by atoms with Crippen molar-refractivity contribution in [3.8, 4) is 0 Å². The van der Waals surface area contributed by atoms with Crippen LogP contribution in [0.25, 0.3) is 0 Å². The van der Waals surface area contributed by atoms with Crippen molar-refractivity contribution in [2.75, 3.05) is 79.9 Å². The molecule has 0 rings (SSSR count). The van der Waals surface area contributed by atoms with Crippen LogP contribution >= 0.6 is 0 Å². The number of nitrogens with one attached hydrogen (secondary N) is 5. The van der Waals surface area contributed by atoms with E-state index in [1.54, 1.807) is 0 Å². The molecular weight excluding hydrogens is 608 g/mol. The van der Waals surface area contributed by atoms with Gasteiger partial charge in [0.2, 0.25) is 23.6 Å². The summed E-state index contributed by atoms with van der Waals surface area (Å²) in [6.45, 7) is 3.29. The summed E-state index contributed by atoms with van der Waals surface area (Å²) in [5.41, 5.74) is 4.10. The van der Waals surface area contributed by atoms with Crippen LogP contribution in [-0.2, 0) is 38.2 Å². The van der Waals surface area contributed by atoms with Gasteiger partial charge >= 0.3 is 0 Å². The Morgan fingerprint density at radius 3 is 1.47 bits per heavy atom. The van der Waals surface area contributed by atoms with Gasteiger partial charge in [0.25, 0.3) is 0 Å². The monoisotopic (exact) mass is 672 g/mol. The fourth-order valence-electron chi connectivity index (χ4n) is 4.66. The zero-order valence-corrected chi connectivity index (χ0v) is 29.1. The van der Waals surface area contributed by atoms with Crippen molar-refractivity contribution in [2.45, 2.75) is 102 Å². The highest BCUT2D eigenvalue weighted by atomic mass is 16.5. The van der Waals surface area contributed by atoms with Crippen molar-refractivity contribution in [2.24, 2.45) is 5.73 Å². The Labute approximate surface area is 282 Å². The van der Waals surface area contributed by atoms with Crippen molar-refractivity contribution >= 4 is 29.9 Å². The molecule has 0 saturated heterocycles. The number of hydrogen-bond donors (Lipinski definition) is 6. The van der Waals surface area contributed by atoms with Crippen LogP contribution in [0.15, 0.2) is 0 Å². The fraction of sp³-hybridized carbons (Fsp3) is 0.848. The molecule has 0 aromatic rings. The van der Waals surface area contributed by atoms with Gasteiger partial charge in [0.15, 0.2) is 0 Å². The molecule has 0 aliphatic rings. The number of amides is 4. The first-order valence-electron chi connectivity index (χ1n) is 17.4. The predicted molar refractivity (Wildman–Crippen MR) is 182 cm³/mol. The lowest BCUT2D eigenvalue weighted by Gasteiger charge is -2.34. The number of rotatable bonds is 35. The first kappa shape index (κ1) is 44.4. The van der Waals surface area contributed by atoms with Crippen molar-refractivity contribution in [3.63, 3.8) is 0 Å². The van der Waals surface area contributed by atoms with Crippen LogP contribution < -0.4 is 32.3 Å². The van der Waals surface area contributed by atoms with Gasteiger partial charge in [-0.2, -0.15) is 0 Å². The van der Waals surface area contributed by atoms with E-state index in [0.717, 1.165) is 83.6 Å². The summed E-state index contributed by atoms with van der Waals surface area (Å²) < 4.78 is 17.5. The molecule has 0 atom stereocenters. The minimum atomic E-state index is -1.07. The second-order valence-electron chi connectivity index (χ2n) is 11.9. The Hall–Kier alpha value is -2.65.